The Morgan fingerprint density at radius 2 is 1.83 bits per heavy atom. The highest BCUT2D eigenvalue weighted by Gasteiger charge is 1.92. The largest absolute Gasteiger partial charge is 0.330 e. The lowest BCUT2D eigenvalue weighted by Crippen LogP contribution is -2.21. The first-order valence-corrected chi connectivity index (χ1v) is 4.93. The van der Waals surface area contributed by atoms with Gasteiger partial charge in [-0.15, -0.1) is 0 Å². The van der Waals surface area contributed by atoms with Crippen LogP contribution < -0.4 is 16.8 Å². The summed E-state index contributed by atoms with van der Waals surface area (Å²) in [5.41, 5.74) is 11.0. The zero-order valence-corrected chi connectivity index (χ0v) is 8.18. The molecule has 0 aliphatic rings. The lowest BCUT2D eigenvalue weighted by atomic mass is 10.2. The van der Waals surface area contributed by atoms with Crippen molar-refractivity contribution >= 4 is 0 Å². The van der Waals surface area contributed by atoms with Gasteiger partial charge in [0.2, 0.25) is 0 Å². The summed E-state index contributed by atoms with van der Waals surface area (Å²) in [4.78, 5) is 0. The Bertz CT molecular complexity index is 83.8. The number of nitrogens with two attached hydrogens (primary N) is 2. The molecule has 0 heterocycles. The summed E-state index contributed by atoms with van der Waals surface area (Å²) in [7, 11) is 0. The van der Waals surface area contributed by atoms with Crippen LogP contribution in [0.15, 0.2) is 0 Å². The van der Waals surface area contributed by atoms with E-state index in [-0.39, 0.29) is 0 Å². The van der Waals surface area contributed by atoms with Crippen molar-refractivity contribution in [3.05, 3.63) is 0 Å². The number of nitrogens with one attached hydrogen (secondary N) is 1. The molecule has 0 fully saturated rings. The van der Waals surface area contributed by atoms with Crippen LogP contribution in [0.5, 0.6) is 0 Å². The molecule has 0 saturated carbocycles. The van der Waals surface area contributed by atoms with Gasteiger partial charge in [-0.3, -0.25) is 0 Å². The summed E-state index contributed by atoms with van der Waals surface area (Å²) in [6.07, 6.45) is 4.61. The second-order valence-electron chi connectivity index (χ2n) is 3.37. The van der Waals surface area contributed by atoms with Crippen LogP contribution >= 0.6 is 0 Å². The standard InChI is InChI=1S/C9H23N3/c1-9(11)5-4-8-12-7-3-2-6-10/h9,12H,2-8,10-11H2,1H3. The third-order valence-electron chi connectivity index (χ3n) is 1.82. The van der Waals surface area contributed by atoms with Crippen molar-refractivity contribution in [3.8, 4) is 0 Å². The SMILES string of the molecule is CC(N)CCCNCCCCN. The van der Waals surface area contributed by atoms with Crippen molar-refractivity contribution in [3.63, 3.8) is 0 Å². The maximum Gasteiger partial charge on any atom is 0.00109 e. The van der Waals surface area contributed by atoms with E-state index in [0.717, 1.165) is 32.5 Å². The van der Waals surface area contributed by atoms with Crippen LogP contribution in [-0.2, 0) is 0 Å². The summed E-state index contributed by atoms with van der Waals surface area (Å²) >= 11 is 0. The first-order valence-electron chi connectivity index (χ1n) is 4.93. The second kappa shape index (κ2) is 8.97. The molecule has 0 aromatic rings. The van der Waals surface area contributed by atoms with Crippen molar-refractivity contribution in [1.82, 2.24) is 5.32 Å². The monoisotopic (exact) mass is 173 g/mol. The molecule has 3 heteroatoms. The minimum absolute atomic E-state index is 0.343. The van der Waals surface area contributed by atoms with Gasteiger partial charge < -0.3 is 16.8 Å². The van der Waals surface area contributed by atoms with Gasteiger partial charge in [-0.25, -0.2) is 0 Å². The number of unbranched alkanes of at least 4 members (excludes halogenated alkanes) is 1. The normalized spacial score (nSPS) is 13.2. The summed E-state index contributed by atoms with van der Waals surface area (Å²) in [6.45, 7) is 5.04. The van der Waals surface area contributed by atoms with Gasteiger partial charge in [0.1, 0.15) is 0 Å². The average molecular weight is 173 g/mol. The highest BCUT2D eigenvalue weighted by Crippen LogP contribution is 1.91. The minimum atomic E-state index is 0.343. The fourth-order valence-corrected chi connectivity index (χ4v) is 1.07. The first-order chi connectivity index (χ1) is 5.77. The molecule has 0 bridgehead atoms. The average Bonchev–Trinajstić information content (AvgIpc) is 2.02. The van der Waals surface area contributed by atoms with Gasteiger partial charge in [-0.2, -0.15) is 0 Å². The summed E-state index contributed by atoms with van der Waals surface area (Å²) in [5, 5.41) is 3.36. The van der Waals surface area contributed by atoms with Crippen molar-refractivity contribution in [1.29, 1.82) is 0 Å². The van der Waals surface area contributed by atoms with E-state index in [0.29, 0.717) is 6.04 Å². The van der Waals surface area contributed by atoms with Crippen molar-refractivity contribution in [2.75, 3.05) is 19.6 Å². The molecular weight excluding hydrogens is 150 g/mol. The van der Waals surface area contributed by atoms with Gasteiger partial charge in [0.05, 0.1) is 0 Å². The van der Waals surface area contributed by atoms with E-state index in [1.54, 1.807) is 0 Å². The van der Waals surface area contributed by atoms with E-state index < -0.39 is 0 Å². The predicted molar refractivity (Wildman–Crippen MR) is 54.0 cm³/mol. The molecule has 0 aromatic heterocycles. The van der Waals surface area contributed by atoms with E-state index in [2.05, 4.69) is 12.2 Å². The quantitative estimate of drug-likeness (QED) is 0.467. The molecule has 5 N–H and O–H groups in total. The van der Waals surface area contributed by atoms with E-state index in [1.165, 1.54) is 12.8 Å². The number of hydrogen-bond donors (Lipinski definition) is 3. The van der Waals surface area contributed by atoms with Crippen LogP contribution in [0.4, 0.5) is 0 Å². The molecule has 1 atom stereocenters. The third kappa shape index (κ3) is 9.88. The summed E-state index contributed by atoms with van der Waals surface area (Å²) in [5.74, 6) is 0. The van der Waals surface area contributed by atoms with Crippen LogP contribution in [0.3, 0.4) is 0 Å². The predicted octanol–water partition coefficient (Wildman–Crippen LogP) is 0.442. The van der Waals surface area contributed by atoms with Crippen LogP contribution in [-0.4, -0.2) is 25.7 Å². The van der Waals surface area contributed by atoms with Crippen LogP contribution in [0.1, 0.15) is 32.6 Å². The van der Waals surface area contributed by atoms with Gasteiger partial charge >= 0.3 is 0 Å². The van der Waals surface area contributed by atoms with Gasteiger partial charge in [0, 0.05) is 6.04 Å². The van der Waals surface area contributed by atoms with Crippen molar-refractivity contribution < 1.29 is 0 Å². The Morgan fingerprint density at radius 3 is 2.42 bits per heavy atom. The smallest absolute Gasteiger partial charge is 0.00109 e. The van der Waals surface area contributed by atoms with E-state index in [1.807, 2.05) is 0 Å². The van der Waals surface area contributed by atoms with E-state index >= 15 is 0 Å². The Labute approximate surface area is 75.9 Å². The number of hydrogen-bond acceptors (Lipinski definition) is 3. The second-order valence-corrected chi connectivity index (χ2v) is 3.37. The maximum atomic E-state index is 5.61. The van der Waals surface area contributed by atoms with Crippen molar-refractivity contribution in [2.24, 2.45) is 11.5 Å². The lowest BCUT2D eigenvalue weighted by molar-refractivity contribution is 0.560. The first kappa shape index (κ1) is 11.9. The topological polar surface area (TPSA) is 64.1 Å². The molecule has 0 radical (unpaired) electrons. The fraction of sp³-hybridized carbons (Fsp3) is 1.00. The fourth-order valence-electron chi connectivity index (χ4n) is 1.07. The van der Waals surface area contributed by atoms with E-state index in [4.69, 9.17) is 11.5 Å². The minimum Gasteiger partial charge on any atom is -0.330 e. The van der Waals surface area contributed by atoms with Crippen molar-refractivity contribution in [2.45, 2.75) is 38.6 Å². The lowest BCUT2D eigenvalue weighted by Gasteiger charge is -2.05. The van der Waals surface area contributed by atoms with Crippen LogP contribution in [0, 0.1) is 0 Å². The molecular formula is C9H23N3. The Balaban J connectivity index is 2.82. The van der Waals surface area contributed by atoms with Gasteiger partial charge in [0.15, 0.2) is 0 Å². The molecule has 0 aliphatic carbocycles. The van der Waals surface area contributed by atoms with Gasteiger partial charge in [-0.05, 0) is 52.2 Å². The van der Waals surface area contributed by atoms with Crippen LogP contribution in [0.2, 0.25) is 0 Å². The zero-order valence-electron chi connectivity index (χ0n) is 8.18. The van der Waals surface area contributed by atoms with Crippen LogP contribution in [0.25, 0.3) is 0 Å². The molecule has 1 unspecified atom stereocenters. The van der Waals surface area contributed by atoms with Gasteiger partial charge in [-0.1, -0.05) is 0 Å². The molecule has 0 aromatic carbocycles. The number of rotatable bonds is 8. The molecule has 0 saturated heterocycles. The summed E-state index contributed by atoms with van der Waals surface area (Å²) in [6, 6.07) is 0.343. The zero-order chi connectivity index (χ0) is 9.23. The Hall–Kier alpha value is -0.120. The summed E-state index contributed by atoms with van der Waals surface area (Å²) < 4.78 is 0. The molecule has 0 amide bonds. The molecule has 0 spiro atoms. The molecule has 12 heavy (non-hydrogen) atoms. The molecule has 0 rings (SSSR count). The molecule has 3 nitrogen and oxygen atoms in total. The third-order valence-corrected chi connectivity index (χ3v) is 1.82. The highest BCUT2D eigenvalue weighted by molar-refractivity contribution is 4.55. The molecule has 0 aliphatic heterocycles. The van der Waals surface area contributed by atoms with Gasteiger partial charge in [0.25, 0.3) is 0 Å². The highest BCUT2D eigenvalue weighted by atomic mass is 14.8. The maximum absolute atomic E-state index is 5.61. The Morgan fingerprint density at radius 1 is 1.17 bits per heavy atom. The Kier molecular flexibility index (Phi) is 8.88. The molecule has 74 valence electrons. The van der Waals surface area contributed by atoms with E-state index in [9.17, 15) is 0 Å².